The number of rotatable bonds is 4. The van der Waals surface area contributed by atoms with Crippen LogP contribution in [0.4, 0.5) is 0 Å². The SMILES string of the molecule is CCC.O=Cc1ccc(OCc2c(O)cccc2Cl)cc1. The summed E-state index contributed by atoms with van der Waals surface area (Å²) >= 11 is 5.96. The van der Waals surface area contributed by atoms with Crippen molar-refractivity contribution in [3.05, 3.63) is 58.6 Å². The molecule has 0 heterocycles. The third kappa shape index (κ3) is 5.48. The summed E-state index contributed by atoms with van der Waals surface area (Å²) in [4.78, 5) is 10.5. The van der Waals surface area contributed by atoms with Crippen molar-refractivity contribution in [2.75, 3.05) is 0 Å². The molecule has 0 aliphatic heterocycles. The number of carbonyl (C=O) groups excluding carboxylic acids is 1. The van der Waals surface area contributed by atoms with E-state index in [9.17, 15) is 9.90 Å². The summed E-state index contributed by atoms with van der Waals surface area (Å²) in [6.45, 7) is 4.42. The molecule has 21 heavy (non-hydrogen) atoms. The molecule has 0 spiro atoms. The van der Waals surface area contributed by atoms with Gasteiger partial charge in [-0.1, -0.05) is 37.9 Å². The van der Waals surface area contributed by atoms with Crippen LogP contribution in [-0.4, -0.2) is 11.4 Å². The van der Waals surface area contributed by atoms with Gasteiger partial charge in [-0.25, -0.2) is 0 Å². The molecule has 0 fully saturated rings. The molecule has 0 radical (unpaired) electrons. The van der Waals surface area contributed by atoms with E-state index in [4.69, 9.17) is 16.3 Å². The summed E-state index contributed by atoms with van der Waals surface area (Å²) in [6, 6.07) is 11.6. The van der Waals surface area contributed by atoms with Crippen LogP contribution in [0, 0.1) is 0 Å². The molecular formula is C17H19ClO3. The molecule has 1 N–H and O–H groups in total. The van der Waals surface area contributed by atoms with Crippen LogP contribution < -0.4 is 4.74 Å². The Morgan fingerprint density at radius 1 is 1.14 bits per heavy atom. The highest BCUT2D eigenvalue weighted by molar-refractivity contribution is 6.31. The molecule has 2 aromatic rings. The topological polar surface area (TPSA) is 46.5 Å². The number of carbonyl (C=O) groups is 1. The average Bonchev–Trinajstić information content (AvgIpc) is 2.48. The highest BCUT2D eigenvalue weighted by Crippen LogP contribution is 2.26. The summed E-state index contributed by atoms with van der Waals surface area (Å²) in [5.74, 6) is 0.715. The molecule has 3 nitrogen and oxygen atoms in total. The van der Waals surface area contributed by atoms with Gasteiger partial charge >= 0.3 is 0 Å². The van der Waals surface area contributed by atoms with Crippen LogP contribution in [0.15, 0.2) is 42.5 Å². The van der Waals surface area contributed by atoms with Gasteiger partial charge in [0.05, 0.1) is 5.02 Å². The van der Waals surface area contributed by atoms with Crippen molar-refractivity contribution in [2.24, 2.45) is 0 Å². The van der Waals surface area contributed by atoms with E-state index in [1.54, 1.807) is 42.5 Å². The first kappa shape index (κ1) is 17.1. The Kier molecular flexibility index (Phi) is 7.33. The van der Waals surface area contributed by atoms with E-state index >= 15 is 0 Å². The monoisotopic (exact) mass is 306 g/mol. The molecule has 0 bridgehead atoms. The summed E-state index contributed by atoms with van der Waals surface area (Å²) in [5, 5.41) is 10.1. The van der Waals surface area contributed by atoms with Gasteiger partial charge in [0.2, 0.25) is 0 Å². The normalized spacial score (nSPS) is 9.48. The first-order valence-corrected chi connectivity index (χ1v) is 7.14. The van der Waals surface area contributed by atoms with Crippen molar-refractivity contribution in [1.82, 2.24) is 0 Å². The van der Waals surface area contributed by atoms with E-state index in [0.717, 1.165) is 6.29 Å². The summed E-state index contributed by atoms with van der Waals surface area (Å²) in [6.07, 6.45) is 2.02. The lowest BCUT2D eigenvalue weighted by Gasteiger charge is -2.09. The molecular weight excluding hydrogens is 288 g/mol. The van der Waals surface area contributed by atoms with Crippen LogP contribution in [0.25, 0.3) is 0 Å². The second-order valence-corrected chi connectivity index (χ2v) is 4.83. The molecule has 0 atom stereocenters. The summed E-state index contributed by atoms with van der Waals surface area (Å²) in [7, 11) is 0. The zero-order chi connectivity index (χ0) is 15.7. The van der Waals surface area contributed by atoms with E-state index in [1.165, 1.54) is 6.42 Å². The average molecular weight is 307 g/mol. The number of phenols is 1. The van der Waals surface area contributed by atoms with Gasteiger partial charge in [-0.3, -0.25) is 4.79 Å². The minimum Gasteiger partial charge on any atom is -0.507 e. The van der Waals surface area contributed by atoms with E-state index in [2.05, 4.69) is 13.8 Å². The van der Waals surface area contributed by atoms with Gasteiger partial charge in [0, 0.05) is 11.1 Å². The Balaban J connectivity index is 0.000000677. The highest BCUT2D eigenvalue weighted by Gasteiger charge is 2.06. The predicted octanol–water partition coefficient (Wildman–Crippen LogP) is 4.85. The fourth-order valence-corrected chi connectivity index (χ4v) is 1.71. The largest absolute Gasteiger partial charge is 0.507 e. The molecule has 0 saturated carbocycles. The van der Waals surface area contributed by atoms with Crippen LogP contribution in [0.5, 0.6) is 11.5 Å². The lowest BCUT2D eigenvalue weighted by atomic mass is 10.2. The first-order chi connectivity index (χ1) is 10.1. The van der Waals surface area contributed by atoms with Crippen molar-refractivity contribution < 1.29 is 14.6 Å². The number of aldehydes is 1. The van der Waals surface area contributed by atoms with E-state index in [1.807, 2.05) is 0 Å². The Labute approximate surface area is 130 Å². The van der Waals surface area contributed by atoms with Crippen LogP contribution in [0.3, 0.4) is 0 Å². The molecule has 4 heteroatoms. The molecule has 2 aromatic carbocycles. The predicted molar refractivity (Wildman–Crippen MR) is 85.2 cm³/mol. The van der Waals surface area contributed by atoms with Crippen molar-refractivity contribution >= 4 is 17.9 Å². The maximum Gasteiger partial charge on any atom is 0.150 e. The molecule has 0 amide bonds. The van der Waals surface area contributed by atoms with E-state index in [0.29, 0.717) is 21.9 Å². The summed E-state index contributed by atoms with van der Waals surface area (Å²) in [5.41, 5.74) is 1.13. The van der Waals surface area contributed by atoms with Crippen LogP contribution in [0.1, 0.15) is 36.2 Å². The molecule has 0 aliphatic carbocycles. The van der Waals surface area contributed by atoms with E-state index < -0.39 is 0 Å². The van der Waals surface area contributed by atoms with Crippen molar-refractivity contribution in [2.45, 2.75) is 26.9 Å². The lowest BCUT2D eigenvalue weighted by molar-refractivity contribution is 0.112. The number of hydrogen-bond acceptors (Lipinski definition) is 3. The number of aromatic hydroxyl groups is 1. The van der Waals surface area contributed by atoms with Crippen LogP contribution in [0.2, 0.25) is 5.02 Å². The fourth-order valence-electron chi connectivity index (χ4n) is 1.49. The zero-order valence-corrected chi connectivity index (χ0v) is 12.9. The van der Waals surface area contributed by atoms with Crippen LogP contribution >= 0.6 is 11.6 Å². The minimum atomic E-state index is 0.104. The second-order valence-electron chi connectivity index (χ2n) is 4.42. The molecule has 0 unspecified atom stereocenters. The third-order valence-electron chi connectivity index (χ3n) is 2.49. The van der Waals surface area contributed by atoms with Gasteiger partial charge in [0.25, 0.3) is 0 Å². The van der Waals surface area contributed by atoms with Gasteiger partial charge < -0.3 is 9.84 Å². The Hall–Kier alpha value is -2.00. The molecule has 112 valence electrons. The molecule has 0 saturated heterocycles. The number of benzene rings is 2. The maximum absolute atomic E-state index is 10.5. The van der Waals surface area contributed by atoms with Crippen molar-refractivity contribution in [3.8, 4) is 11.5 Å². The number of hydrogen-bond donors (Lipinski definition) is 1. The molecule has 0 aromatic heterocycles. The van der Waals surface area contributed by atoms with Gasteiger partial charge in [-0.15, -0.1) is 0 Å². The highest BCUT2D eigenvalue weighted by atomic mass is 35.5. The zero-order valence-electron chi connectivity index (χ0n) is 12.2. The van der Waals surface area contributed by atoms with Crippen LogP contribution in [-0.2, 0) is 6.61 Å². The summed E-state index contributed by atoms with van der Waals surface area (Å²) < 4.78 is 5.49. The smallest absolute Gasteiger partial charge is 0.150 e. The van der Waals surface area contributed by atoms with Gasteiger partial charge in [-0.2, -0.15) is 0 Å². The lowest BCUT2D eigenvalue weighted by Crippen LogP contribution is -1.97. The molecule has 0 aliphatic rings. The number of halogens is 1. The number of ether oxygens (including phenoxy) is 1. The van der Waals surface area contributed by atoms with Gasteiger partial charge in [-0.05, 0) is 36.4 Å². The quantitative estimate of drug-likeness (QED) is 0.821. The van der Waals surface area contributed by atoms with Crippen molar-refractivity contribution in [1.29, 1.82) is 0 Å². The Morgan fingerprint density at radius 3 is 2.29 bits per heavy atom. The first-order valence-electron chi connectivity index (χ1n) is 6.76. The van der Waals surface area contributed by atoms with Gasteiger partial charge in [0.15, 0.2) is 0 Å². The fraction of sp³-hybridized carbons (Fsp3) is 0.235. The Bertz CT molecular complexity index is 544. The second kappa shape index (κ2) is 9.03. The maximum atomic E-state index is 10.5. The van der Waals surface area contributed by atoms with Crippen molar-refractivity contribution in [3.63, 3.8) is 0 Å². The number of phenolic OH excluding ortho intramolecular Hbond substituents is 1. The Morgan fingerprint density at radius 2 is 1.76 bits per heavy atom. The van der Waals surface area contributed by atoms with Gasteiger partial charge in [0.1, 0.15) is 24.4 Å². The van der Waals surface area contributed by atoms with E-state index in [-0.39, 0.29) is 12.4 Å². The molecule has 2 rings (SSSR count). The minimum absolute atomic E-state index is 0.104. The third-order valence-corrected chi connectivity index (χ3v) is 2.85. The standard InChI is InChI=1S/C14H11ClO3.C3H8/c15-13-2-1-3-14(17)12(13)9-18-11-6-4-10(8-16)5-7-11;1-3-2/h1-8,17H,9H2;3H2,1-2H3.